The first-order valence-corrected chi connectivity index (χ1v) is 9.82. The molecule has 1 unspecified atom stereocenters. The molecule has 8 heteroatoms. The van der Waals surface area contributed by atoms with Crippen LogP contribution in [-0.4, -0.2) is 47.1 Å². The van der Waals surface area contributed by atoms with Crippen LogP contribution in [-0.2, 0) is 18.5 Å². The van der Waals surface area contributed by atoms with Gasteiger partial charge in [-0.05, 0) is 44.5 Å². The van der Waals surface area contributed by atoms with Crippen LogP contribution in [0.25, 0.3) is 5.65 Å². The van der Waals surface area contributed by atoms with Gasteiger partial charge >= 0.3 is 0 Å². The van der Waals surface area contributed by atoms with Crippen molar-refractivity contribution in [3.63, 3.8) is 0 Å². The van der Waals surface area contributed by atoms with Crippen LogP contribution in [0.3, 0.4) is 0 Å². The number of aromatic nitrogens is 6. The maximum absolute atomic E-state index is 12.4. The van der Waals surface area contributed by atoms with Gasteiger partial charge in [-0.3, -0.25) is 9.69 Å². The van der Waals surface area contributed by atoms with Crippen LogP contribution in [0.2, 0.25) is 0 Å². The lowest BCUT2D eigenvalue weighted by Crippen LogP contribution is -2.38. The minimum absolute atomic E-state index is 0.0509. The Morgan fingerprint density at radius 1 is 1.11 bits per heavy atom. The van der Waals surface area contributed by atoms with Gasteiger partial charge in [0.15, 0.2) is 11.5 Å². The third-order valence-electron chi connectivity index (χ3n) is 5.32. The van der Waals surface area contributed by atoms with Crippen molar-refractivity contribution >= 4 is 5.65 Å². The molecule has 1 saturated heterocycles. The fraction of sp³-hybridized carbons (Fsp3) is 0.550. The molecule has 0 saturated carbocycles. The number of likely N-dealkylation sites (tertiary alicyclic amines) is 1. The van der Waals surface area contributed by atoms with Crippen LogP contribution in [0.15, 0.2) is 29.1 Å². The van der Waals surface area contributed by atoms with E-state index in [-0.39, 0.29) is 17.0 Å². The first kappa shape index (κ1) is 18.7. The zero-order chi connectivity index (χ0) is 19.9. The molecule has 8 nitrogen and oxygen atoms in total. The molecule has 3 aromatic rings. The van der Waals surface area contributed by atoms with Crippen LogP contribution in [0.1, 0.15) is 50.8 Å². The number of rotatable bonds is 4. The SMILES string of the molecule is Cc1ccc2nnc(CN3CCCC3Cn3nc(C(C)(C)C)ccc3=O)n2n1. The fourth-order valence-corrected chi connectivity index (χ4v) is 3.69. The summed E-state index contributed by atoms with van der Waals surface area (Å²) < 4.78 is 3.43. The largest absolute Gasteiger partial charge is 0.291 e. The smallest absolute Gasteiger partial charge is 0.266 e. The van der Waals surface area contributed by atoms with E-state index in [4.69, 9.17) is 0 Å². The third kappa shape index (κ3) is 3.69. The van der Waals surface area contributed by atoms with E-state index in [0.717, 1.165) is 42.2 Å². The van der Waals surface area contributed by atoms with Gasteiger partial charge in [0.2, 0.25) is 0 Å². The molecule has 0 amide bonds. The quantitative estimate of drug-likeness (QED) is 0.687. The summed E-state index contributed by atoms with van der Waals surface area (Å²) in [6.07, 6.45) is 2.14. The summed E-state index contributed by atoms with van der Waals surface area (Å²) in [5, 5.41) is 17.7. The lowest BCUT2D eigenvalue weighted by atomic mass is 9.92. The number of aryl methyl sites for hydroxylation is 1. The van der Waals surface area contributed by atoms with Crippen molar-refractivity contribution in [3.8, 4) is 0 Å². The molecule has 0 spiro atoms. The molecular formula is C20H27N7O. The maximum Gasteiger partial charge on any atom is 0.266 e. The Bertz CT molecular complexity index is 1050. The third-order valence-corrected chi connectivity index (χ3v) is 5.32. The highest BCUT2D eigenvalue weighted by Crippen LogP contribution is 2.22. The van der Waals surface area contributed by atoms with Gasteiger partial charge < -0.3 is 0 Å². The highest BCUT2D eigenvalue weighted by molar-refractivity contribution is 5.36. The molecule has 1 atom stereocenters. The topological polar surface area (TPSA) is 81.2 Å². The minimum atomic E-state index is -0.0885. The summed E-state index contributed by atoms with van der Waals surface area (Å²) in [7, 11) is 0. The average Bonchev–Trinajstić information content (AvgIpc) is 3.23. The standard InChI is InChI=1S/C20H27N7O/c1-14-7-9-17-21-22-18(27(17)23-14)13-25-11-5-6-15(25)12-26-19(28)10-8-16(24-26)20(2,3)4/h7-10,15H,5-6,11-13H2,1-4H3. The van der Waals surface area contributed by atoms with E-state index in [1.807, 2.05) is 29.6 Å². The van der Waals surface area contributed by atoms with Crippen molar-refractivity contribution in [2.24, 2.45) is 0 Å². The molecule has 4 heterocycles. The summed E-state index contributed by atoms with van der Waals surface area (Å²) in [5.41, 5.74) is 2.48. The maximum atomic E-state index is 12.4. The van der Waals surface area contributed by atoms with Gasteiger partial charge in [0.25, 0.3) is 5.56 Å². The Labute approximate surface area is 164 Å². The summed E-state index contributed by atoms with van der Waals surface area (Å²) in [5.74, 6) is 0.828. The number of nitrogens with zero attached hydrogens (tertiary/aromatic N) is 7. The second-order valence-electron chi connectivity index (χ2n) is 8.62. The van der Waals surface area contributed by atoms with E-state index in [0.29, 0.717) is 13.1 Å². The van der Waals surface area contributed by atoms with Crippen molar-refractivity contribution in [2.45, 2.75) is 65.1 Å². The molecule has 28 heavy (non-hydrogen) atoms. The van der Waals surface area contributed by atoms with E-state index in [1.165, 1.54) is 0 Å². The zero-order valence-corrected chi connectivity index (χ0v) is 17.0. The Morgan fingerprint density at radius 3 is 2.71 bits per heavy atom. The second kappa shape index (κ2) is 7.09. The van der Waals surface area contributed by atoms with E-state index >= 15 is 0 Å². The number of hydrogen-bond donors (Lipinski definition) is 0. The van der Waals surface area contributed by atoms with E-state index in [9.17, 15) is 4.79 Å². The van der Waals surface area contributed by atoms with Gasteiger partial charge in [0, 0.05) is 17.5 Å². The van der Waals surface area contributed by atoms with Crippen LogP contribution in [0, 0.1) is 6.92 Å². The first-order valence-electron chi connectivity index (χ1n) is 9.82. The molecular weight excluding hydrogens is 354 g/mol. The number of fused-ring (bicyclic) bond motifs is 1. The zero-order valence-electron chi connectivity index (χ0n) is 17.0. The predicted molar refractivity (Wildman–Crippen MR) is 106 cm³/mol. The average molecular weight is 381 g/mol. The van der Waals surface area contributed by atoms with Crippen molar-refractivity contribution < 1.29 is 0 Å². The van der Waals surface area contributed by atoms with Crippen molar-refractivity contribution in [1.82, 2.24) is 34.5 Å². The molecule has 3 aromatic heterocycles. The van der Waals surface area contributed by atoms with E-state index in [1.54, 1.807) is 10.7 Å². The van der Waals surface area contributed by atoms with Crippen molar-refractivity contribution in [1.29, 1.82) is 0 Å². The van der Waals surface area contributed by atoms with Crippen LogP contribution in [0.5, 0.6) is 0 Å². The molecule has 1 fully saturated rings. The lowest BCUT2D eigenvalue weighted by Gasteiger charge is -2.25. The first-order chi connectivity index (χ1) is 13.3. The number of hydrogen-bond acceptors (Lipinski definition) is 6. The molecule has 0 N–H and O–H groups in total. The van der Waals surface area contributed by atoms with Gasteiger partial charge in [-0.2, -0.15) is 14.7 Å². The van der Waals surface area contributed by atoms with Gasteiger partial charge in [-0.25, -0.2) is 4.68 Å². The van der Waals surface area contributed by atoms with Gasteiger partial charge in [-0.15, -0.1) is 10.2 Å². The molecule has 148 valence electrons. The molecule has 0 aromatic carbocycles. The Morgan fingerprint density at radius 2 is 1.93 bits per heavy atom. The highest BCUT2D eigenvalue weighted by atomic mass is 16.1. The van der Waals surface area contributed by atoms with Crippen molar-refractivity contribution in [2.75, 3.05) is 6.54 Å². The fourth-order valence-electron chi connectivity index (χ4n) is 3.69. The normalized spacial score (nSPS) is 18.2. The van der Waals surface area contributed by atoms with Crippen LogP contribution < -0.4 is 5.56 Å². The highest BCUT2D eigenvalue weighted by Gasteiger charge is 2.27. The Balaban J connectivity index is 1.56. The van der Waals surface area contributed by atoms with Crippen LogP contribution in [0.4, 0.5) is 0 Å². The lowest BCUT2D eigenvalue weighted by molar-refractivity contribution is 0.209. The molecule has 0 radical (unpaired) electrons. The summed E-state index contributed by atoms with van der Waals surface area (Å²) >= 11 is 0. The minimum Gasteiger partial charge on any atom is -0.291 e. The Kier molecular flexibility index (Phi) is 4.74. The Hall–Kier alpha value is -2.61. The van der Waals surface area contributed by atoms with E-state index < -0.39 is 0 Å². The summed E-state index contributed by atoms with van der Waals surface area (Å²) in [6, 6.07) is 7.58. The van der Waals surface area contributed by atoms with Crippen molar-refractivity contribution in [3.05, 3.63) is 51.8 Å². The monoisotopic (exact) mass is 381 g/mol. The van der Waals surface area contributed by atoms with Crippen LogP contribution >= 0.6 is 0 Å². The molecule has 1 aliphatic heterocycles. The molecule has 0 aliphatic carbocycles. The van der Waals surface area contributed by atoms with Gasteiger partial charge in [0.05, 0.1) is 24.5 Å². The van der Waals surface area contributed by atoms with Gasteiger partial charge in [-0.1, -0.05) is 20.8 Å². The summed E-state index contributed by atoms with van der Waals surface area (Å²) in [4.78, 5) is 14.7. The van der Waals surface area contributed by atoms with E-state index in [2.05, 4.69) is 46.1 Å². The molecule has 0 bridgehead atoms. The summed E-state index contributed by atoms with van der Waals surface area (Å²) in [6.45, 7) is 10.5. The second-order valence-corrected chi connectivity index (χ2v) is 8.62. The molecule has 4 rings (SSSR count). The predicted octanol–water partition coefficient (Wildman–Crippen LogP) is 1.95. The molecule has 1 aliphatic rings. The van der Waals surface area contributed by atoms with Gasteiger partial charge in [0.1, 0.15) is 0 Å².